The molecular formula is C8H12N2O7. The molecule has 6 N–H and O–H groups in total. The Kier molecular flexibility index (Phi) is 4.61. The van der Waals surface area contributed by atoms with Gasteiger partial charge in [0.1, 0.15) is 6.04 Å². The lowest BCUT2D eigenvalue weighted by molar-refractivity contribution is -0.138. The van der Waals surface area contributed by atoms with Gasteiger partial charge in [0.15, 0.2) is 0 Å². The number of aromatic nitrogens is 1. The molecule has 0 bridgehead atoms. The predicted octanol–water partition coefficient (Wildman–Crippen LogP) is -2.19. The van der Waals surface area contributed by atoms with Gasteiger partial charge in [-0.2, -0.15) is 4.74 Å². The van der Waals surface area contributed by atoms with E-state index in [1.54, 1.807) is 0 Å². The number of aliphatic carboxylic acids is 1. The third-order valence-corrected chi connectivity index (χ3v) is 1.98. The van der Waals surface area contributed by atoms with Gasteiger partial charge in [0, 0.05) is 13.5 Å². The van der Waals surface area contributed by atoms with Crippen molar-refractivity contribution < 1.29 is 29.8 Å². The SMILES string of the molecule is Cn1oc(C(=O)O)c(C[C@H](N)C(=O)O)c1=O.O. The van der Waals surface area contributed by atoms with Gasteiger partial charge in [-0.25, -0.2) is 4.79 Å². The Morgan fingerprint density at radius 3 is 2.41 bits per heavy atom. The lowest BCUT2D eigenvalue weighted by atomic mass is 10.1. The van der Waals surface area contributed by atoms with E-state index in [0.29, 0.717) is 4.74 Å². The molecule has 0 fully saturated rings. The molecule has 1 heterocycles. The van der Waals surface area contributed by atoms with Crippen molar-refractivity contribution in [3.63, 3.8) is 0 Å². The van der Waals surface area contributed by atoms with E-state index in [1.807, 2.05) is 0 Å². The summed E-state index contributed by atoms with van der Waals surface area (Å²) in [6, 6.07) is -1.34. The quantitative estimate of drug-likeness (QED) is 0.543. The molecule has 0 saturated heterocycles. The molecular weight excluding hydrogens is 236 g/mol. The van der Waals surface area contributed by atoms with Gasteiger partial charge in [-0.15, -0.1) is 0 Å². The van der Waals surface area contributed by atoms with Crippen LogP contribution in [-0.2, 0) is 18.3 Å². The highest BCUT2D eigenvalue weighted by Gasteiger charge is 2.25. The molecule has 0 radical (unpaired) electrons. The monoisotopic (exact) mass is 248 g/mol. The highest BCUT2D eigenvalue weighted by molar-refractivity contribution is 5.86. The zero-order valence-corrected chi connectivity index (χ0v) is 8.84. The Bertz CT molecular complexity index is 487. The van der Waals surface area contributed by atoms with Gasteiger partial charge in [0.2, 0.25) is 5.76 Å². The van der Waals surface area contributed by atoms with Crippen LogP contribution in [-0.4, -0.2) is 38.4 Å². The number of carboxylic acid groups (broad SMARTS) is 2. The van der Waals surface area contributed by atoms with Gasteiger partial charge in [0.05, 0.1) is 5.56 Å². The second kappa shape index (κ2) is 5.27. The summed E-state index contributed by atoms with van der Waals surface area (Å²) < 4.78 is 5.36. The van der Waals surface area contributed by atoms with E-state index in [2.05, 4.69) is 4.52 Å². The fourth-order valence-electron chi connectivity index (χ4n) is 1.18. The van der Waals surface area contributed by atoms with Crippen molar-refractivity contribution in [2.24, 2.45) is 12.8 Å². The van der Waals surface area contributed by atoms with E-state index in [1.165, 1.54) is 7.05 Å². The lowest BCUT2D eigenvalue weighted by Crippen LogP contribution is -2.34. The number of rotatable bonds is 4. The molecule has 0 saturated carbocycles. The molecule has 0 spiro atoms. The summed E-state index contributed by atoms with van der Waals surface area (Å²) in [5, 5.41) is 17.3. The number of nitrogens with zero attached hydrogens (tertiary/aromatic N) is 1. The van der Waals surface area contributed by atoms with Crippen LogP contribution >= 0.6 is 0 Å². The zero-order chi connectivity index (χ0) is 12.5. The first-order valence-corrected chi connectivity index (χ1v) is 4.25. The van der Waals surface area contributed by atoms with E-state index in [9.17, 15) is 14.4 Å². The highest BCUT2D eigenvalue weighted by atomic mass is 16.5. The molecule has 1 aromatic heterocycles. The number of carbonyl (C=O) groups is 2. The molecule has 0 aliphatic heterocycles. The van der Waals surface area contributed by atoms with Gasteiger partial charge >= 0.3 is 11.9 Å². The second-order valence-electron chi connectivity index (χ2n) is 3.16. The van der Waals surface area contributed by atoms with Crippen LogP contribution in [0.4, 0.5) is 0 Å². The minimum atomic E-state index is -1.44. The van der Waals surface area contributed by atoms with Crippen LogP contribution in [0.15, 0.2) is 9.32 Å². The molecule has 0 amide bonds. The van der Waals surface area contributed by atoms with E-state index in [-0.39, 0.29) is 17.5 Å². The van der Waals surface area contributed by atoms with Crippen LogP contribution in [0.1, 0.15) is 16.1 Å². The van der Waals surface area contributed by atoms with Crippen molar-refractivity contribution in [1.29, 1.82) is 0 Å². The topological polar surface area (TPSA) is 167 Å². The maximum Gasteiger partial charge on any atom is 0.375 e. The van der Waals surface area contributed by atoms with Gasteiger partial charge in [-0.3, -0.25) is 9.59 Å². The van der Waals surface area contributed by atoms with Crippen molar-refractivity contribution in [2.75, 3.05) is 0 Å². The molecule has 1 atom stereocenters. The van der Waals surface area contributed by atoms with Crippen LogP contribution in [0.2, 0.25) is 0 Å². The fourth-order valence-corrected chi connectivity index (χ4v) is 1.18. The number of nitrogens with two attached hydrogens (primary N) is 1. The Morgan fingerprint density at radius 1 is 1.47 bits per heavy atom. The Labute approximate surface area is 94.3 Å². The molecule has 96 valence electrons. The van der Waals surface area contributed by atoms with Gasteiger partial charge in [-0.1, -0.05) is 0 Å². The summed E-state index contributed by atoms with van der Waals surface area (Å²) in [4.78, 5) is 32.6. The standard InChI is InChI=1S/C8H10N2O6.H2O/c1-10-6(11)3(2-4(9)7(12)13)5(16-10)8(14)15;/h4H,2,9H2,1H3,(H,12,13)(H,14,15);1H2/t4-;/m0./s1. The van der Waals surface area contributed by atoms with Gasteiger partial charge < -0.3 is 25.9 Å². The number of carboxylic acids is 2. The summed E-state index contributed by atoms with van der Waals surface area (Å²) in [6.45, 7) is 0. The smallest absolute Gasteiger partial charge is 0.375 e. The van der Waals surface area contributed by atoms with Crippen molar-refractivity contribution in [2.45, 2.75) is 12.5 Å². The van der Waals surface area contributed by atoms with E-state index < -0.39 is 29.3 Å². The summed E-state index contributed by atoms with van der Waals surface area (Å²) >= 11 is 0. The Hall–Kier alpha value is -2.13. The van der Waals surface area contributed by atoms with Gasteiger partial charge in [-0.05, 0) is 0 Å². The molecule has 9 nitrogen and oxygen atoms in total. The van der Waals surface area contributed by atoms with E-state index in [4.69, 9.17) is 15.9 Å². The summed E-state index contributed by atoms with van der Waals surface area (Å²) in [7, 11) is 1.23. The van der Waals surface area contributed by atoms with Crippen molar-refractivity contribution in [3.8, 4) is 0 Å². The molecule has 9 heteroatoms. The molecule has 0 unspecified atom stereocenters. The molecule has 17 heavy (non-hydrogen) atoms. The van der Waals surface area contributed by atoms with Crippen LogP contribution in [0.5, 0.6) is 0 Å². The number of aromatic carboxylic acids is 1. The minimum Gasteiger partial charge on any atom is -0.480 e. The van der Waals surface area contributed by atoms with E-state index >= 15 is 0 Å². The maximum absolute atomic E-state index is 11.4. The largest absolute Gasteiger partial charge is 0.480 e. The second-order valence-corrected chi connectivity index (χ2v) is 3.16. The van der Waals surface area contributed by atoms with Crippen LogP contribution in [0.3, 0.4) is 0 Å². The first-order chi connectivity index (χ1) is 7.34. The zero-order valence-electron chi connectivity index (χ0n) is 8.84. The average molecular weight is 248 g/mol. The lowest BCUT2D eigenvalue weighted by Gasteiger charge is -2.02. The molecule has 1 aromatic rings. The average Bonchev–Trinajstić information content (AvgIpc) is 2.45. The normalized spacial score (nSPS) is 11.6. The predicted molar refractivity (Wildman–Crippen MR) is 53.8 cm³/mol. The third-order valence-electron chi connectivity index (χ3n) is 1.98. The molecule has 0 aliphatic rings. The number of hydrogen-bond acceptors (Lipinski definition) is 5. The summed E-state index contributed by atoms with van der Waals surface area (Å²) in [5.41, 5.74) is 4.27. The Balaban J connectivity index is 0.00000256. The Morgan fingerprint density at radius 2 is 2.00 bits per heavy atom. The minimum absolute atomic E-state index is 0. The molecule has 0 aromatic carbocycles. The van der Waals surface area contributed by atoms with Crippen LogP contribution in [0.25, 0.3) is 0 Å². The molecule has 1 rings (SSSR count). The number of hydrogen-bond donors (Lipinski definition) is 3. The number of aryl methyl sites for hydroxylation is 1. The van der Waals surface area contributed by atoms with Crippen molar-refractivity contribution in [3.05, 3.63) is 21.7 Å². The highest BCUT2D eigenvalue weighted by Crippen LogP contribution is 2.07. The van der Waals surface area contributed by atoms with Crippen molar-refractivity contribution in [1.82, 2.24) is 4.74 Å². The summed E-state index contributed by atoms with van der Waals surface area (Å²) in [6.07, 6.45) is -0.389. The van der Waals surface area contributed by atoms with E-state index in [0.717, 1.165) is 0 Å². The van der Waals surface area contributed by atoms with Crippen LogP contribution in [0, 0.1) is 0 Å². The summed E-state index contributed by atoms with van der Waals surface area (Å²) in [5.74, 6) is -3.34. The first-order valence-electron chi connectivity index (χ1n) is 4.25. The van der Waals surface area contributed by atoms with Crippen molar-refractivity contribution >= 4 is 11.9 Å². The third kappa shape index (κ3) is 2.92. The van der Waals surface area contributed by atoms with Crippen LogP contribution < -0.4 is 11.3 Å². The first kappa shape index (κ1) is 14.9. The van der Waals surface area contributed by atoms with Gasteiger partial charge in [0.25, 0.3) is 5.56 Å². The molecule has 0 aliphatic carbocycles. The fraction of sp³-hybridized carbons (Fsp3) is 0.375. The maximum atomic E-state index is 11.4.